The topological polar surface area (TPSA) is 35.6 Å². The number of amides is 1. The Hall–Kier alpha value is -0.610. The third-order valence-electron chi connectivity index (χ3n) is 4.88. The Bertz CT molecular complexity index is 293. The van der Waals surface area contributed by atoms with Gasteiger partial charge >= 0.3 is 0 Å². The molecule has 1 amide bonds. The van der Waals surface area contributed by atoms with Gasteiger partial charge in [-0.2, -0.15) is 0 Å². The second kappa shape index (κ2) is 5.57. The molecule has 0 aromatic heterocycles. The summed E-state index contributed by atoms with van der Waals surface area (Å²) in [6.45, 7) is 5.72. The van der Waals surface area contributed by atoms with Crippen LogP contribution in [-0.4, -0.2) is 60.5 Å². The molecule has 4 heteroatoms. The van der Waals surface area contributed by atoms with Gasteiger partial charge in [0.05, 0.1) is 0 Å². The Kier molecular flexibility index (Phi) is 3.85. The molecular formula is C14H25N3O. The van der Waals surface area contributed by atoms with Crippen molar-refractivity contribution in [3.63, 3.8) is 0 Å². The Balaban J connectivity index is 1.49. The normalized spacial score (nSPS) is 35.1. The second-order valence-electron chi connectivity index (χ2n) is 5.94. The molecule has 0 atom stereocenters. The van der Waals surface area contributed by atoms with Gasteiger partial charge in [-0.1, -0.05) is 0 Å². The third kappa shape index (κ3) is 2.54. The first-order valence-electron chi connectivity index (χ1n) is 7.59. The summed E-state index contributed by atoms with van der Waals surface area (Å²) in [6, 6.07) is 1.33. The molecule has 1 saturated carbocycles. The van der Waals surface area contributed by atoms with Gasteiger partial charge in [-0.25, -0.2) is 0 Å². The lowest BCUT2D eigenvalue weighted by atomic mass is 9.89. The van der Waals surface area contributed by atoms with Crippen LogP contribution >= 0.6 is 0 Å². The molecule has 0 radical (unpaired) electrons. The van der Waals surface area contributed by atoms with E-state index in [-0.39, 0.29) is 0 Å². The van der Waals surface area contributed by atoms with Gasteiger partial charge < -0.3 is 10.2 Å². The highest BCUT2D eigenvalue weighted by Gasteiger charge is 2.33. The molecule has 0 bridgehead atoms. The van der Waals surface area contributed by atoms with Crippen molar-refractivity contribution in [1.29, 1.82) is 0 Å². The quantitative estimate of drug-likeness (QED) is 0.789. The van der Waals surface area contributed by atoms with Gasteiger partial charge in [0.25, 0.3) is 0 Å². The largest absolute Gasteiger partial charge is 0.340 e. The van der Waals surface area contributed by atoms with Crippen molar-refractivity contribution < 1.29 is 4.79 Å². The summed E-state index contributed by atoms with van der Waals surface area (Å²) in [5.41, 5.74) is 0. The summed E-state index contributed by atoms with van der Waals surface area (Å²) < 4.78 is 0. The van der Waals surface area contributed by atoms with Crippen LogP contribution in [0.1, 0.15) is 38.5 Å². The summed E-state index contributed by atoms with van der Waals surface area (Å²) in [7, 11) is 0. The minimum Gasteiger partial charge on any atom is -0.340 e. The molecule has 1 aliphatic carbocycles. The zero-order valence-electron chi connectivity index (χ0n) is 11.2. The van der Waals surface area contributed by atoms with E-state index in [2.05, 4.69) is 15.1 Å². The van der Waals surface area contributed by atoms with E-state index in [0.29, 0.717) is 11.9 Å². The predicted molar refractivity (Wildman–Crippen MR) is 71.4 cm³/mol. The van der Waals surface area contributed by atoms with Crippen LogP contribution in [0, 0.1) is 0 Å². The fourth-order valence-corrected chi connectivity index (χ4v) is 3.84. The molecule has 3 aliphatic rings. The van der Waals surface area contributed by atoms with E-state index >= 15 is 0 Å². The fraction of sp³-hybridized carbons (Fsp3) is 0.929. The molecule has 1 N–H and O–H groups in total. The fourth-order valence-electron chi connectivity index (χ4n) is 3.84. The highest BCUT2D eigenvalue weighted by molar-refractivity contribution is 5.78. The lowest BCUT2D eigenvalue weighted by molar-refractivity contribution is -0.130. The zero-order valence-corrected chi connectivity index (χ0v) is 11.2. The molecule has 18 heavy (non-hydrogen) atoms. The minimum atomic E-state index is 0.403. The highest BCUT2D eigenvalue weighted by Crippen LogP contribution is 2.29. The van der Waals surface area contributed by atoms with Crippen molar-refractivity contribution in [3.05, 3.63) is 0 Å². The Morgan fingerprint density at radius 2 is 1.61 bits per heavy atom. The number of nitrogens with one attached hydrogen (secondary N) is 1. The molecule has 3 rings (SSSR count). The van der Waals surface area contributed by atoms with Crippen LogP contribution in [0.2, 0.25) is 0 Å². The van der Waals surface area contributed by atoms with E-state index in [1.807, 2.05) is 0 Å². The molecule has 0 unspecified atom stereocenters. The summed E-state index contributed by atoms with van der Waals surface area (Å²) in [5.74, 6) is 0.403. The number of hydrogen-bond acceptors (Lipinski definition) is 3. The average molecular weight is 251 g/mol. The lowest BCUT2D eigenvalue weighted by Gasteiger charge is -2.41. The average Bonchev–Trinajstić information content (AvgIpc) is 2.86. The van der Waals surface area contributed by atoms with Gasteiger partial charge in [-0.15, -0.1) is 0 Å². The number of carbonyl (C=O) groups excluding carboxylic acids is 1. The van der Waals surface area contributed by atoms with Crippen LogP contribution in [0.15, 0.2) is 0 Å². The van der Waals surface area contributed by atoms with Crippen molar-refractivity contribution in [2.45, 2.75) is 50.6 Å². The Morgan fingerprint density at radius 3 is 2.22 bits per heavy atom. The number of rotatable bonds is 2. The van der Waals surface area contributed by atoms with E-state index < -0.39 is 0 Å². The maximum Gasteiger partial charge on any atom is 0.222 e. The predicted octanol–water partition coefficient (Wildman–Crippen LogP) is 0.825. The first-order chi connectivity index (χ1) is 8.84. The highest BCUT2D eigenvalue weighted by atomic mass is 16.2. The molecule has 3 fully saturated rings. The monoisotopic (exact) mass is 251 g/mol. The molecule has 0 spiro atoms. The molecule has 0 aromatic carbocycles. The summed E-state index contributed by atoms with van der Waals surface area (Å²) >= 11 is 0. The molecule has 2 aliphatic heterocycles. The van der Waals surface area contributed by atoms with Gasteiger partial charge in [0.2, 0.25) is 5.91 Å². The van der Waals surface area contributed by atoms with E-state index in [1.54, 1.807) is 0 Å². The van der Waals surface area contributed by atoms with E-state index in [9.17, 15) is 4.79 Å². The molecule has 2 saturated heterocycles. The summed E-state index contributed by atoms with van der Waals surface area (Å²) in [6.07, 6.45) is 6.89. The van der Waals surface area contributed by atoms with Crippen LogP contribution < -0.4 is 5.32 Å². The minimum absolute atomic E-state index is 0.403. The van der Waals surface area contributed by atoms with Crippen molar-refractivity contribution >= 4 is 5.91 Å². The van der Waals surface area contributed by atoms with Crippen LogP contribution in [0.25, 0.3) is 0 Å². The number of carbonyl (C=O) groups is 1. The first kappa shape index (κ1) is 12.4. The number of nitrogens with zero attached hydrogens (tertiary/aromatic N) is 2. The molecule has 2 heterocycles. The Morgan fingerprint density at radius 1 is 0.944 bits per heavy atom. The van der Waals surface area contributed by atoms with Gasteiger partial charge in [0, 0.05) is 51.2 Å². The van der Waals surface area contributed by atoms with E-state index in [1.165, 1.54) is 38.8 Å². The Labute approximate surface area is 110 Å². The number of hydrogen-bond donors (Lipinski definition) is 1. The second-order valence-corrected chi connectivity index (χ2v) is 5.94. The third-order valence-corrected chi connectivity index (χ3v) is 4.88. The molecular weight excluding hydrogens is 226 g/mol. The maximum atomic E-state index is 11.8. The van der Waals surface area contributed by atoms with Crippen LogP contribution in [0.3, 0.4) is 0 Å². The standard InChI is InChI=1S/C14H25N3O/c18-14-2-1-9-17(14)13-5-3-12(4-6-13)16-10-7-15-8-11-16/h12-13,15H,1-11H2. The van der Waals surface area contributed by atoms with Crippen LogP contribution in [0.5, 0.6) is 0 Å². The van der Waals surface area contributed by atoms with Crippen molar-refractivity contribution in [1.82, 2.24) is 15.1 Å². The molecule has 0 aromatic rings. The summed E-state index contributed by atoms with van der Waals surface area (Å²) in [4.78, 5) is 16.6. The maximum absolute atomic E-state index is 11.8. The SMILES string of the molecule is O=C1CCCN1C1CCC(N2CCNCC2)CC1. The lowest BCUT2D eigenvalue weighted by Crippen LogP contribution is -2.51. The molecule has 4 nitrogen and oxygen atoms in total. The van der Waals surface area contributed by atoms with Gasteiger partial charge in [-0.05, 0) is 32.1 Å². The van der Waals surface area contributed by atoms with Crippen LogP contribution in [-0.2, 0) is 4.79 Å². The van der Waals surface area contributed by atoms with Crippen molar-refractivity contribution in [3.8, 4) is 0 Å². The van der Waals surface area contributed by atoms with Gasteiger partial charge in [-0.3, -0.25) is 9.69 Å². The zero-order chi connectivity index (χ0) is 12.4. The molecule has 102 valence electrons. The number of piperazine rings is 1. The van der Waals surface area contributed by atoms with Crippen molar-refractivity contribution in [2.24, 2.45) is 0 Å². The van der Waals surface area contributed by atoms with E-state index in [4.69, 9.17) is 0 Å². The van der Waals surface area contributed by atoms with Crippen LogP contribution in [0.4, 0.5) is 0 Å². The smallest absolute Gasteiger partial charge is 0.222 e. The summed E-state index contributed by atoms with van der Waals surface area (Å²) in [5, 5.41) is 3.42. The number of likely N-dealkylation sites (tertiary alicyclic amines) is 1. The van der Waals surface area contributed by atoms with Gasteiger partial charge in [0.15, 0.2) is 0 Å². The first-order valence-corrected chi connectivity index (χ1v) is 7.59. The van der Waals surface area contributed by atoms with E-state index in [0.717, 1.165) is 38.5 Å². The van der Waals surface area contributed by atoms with Crippen molar-refractivity contribution in [2.75, 3.05) is 32.7 Å². The van der Waals surface area contributed by atoms with Gasteiger partial charge in [0.1, 0.15) is 0 Å².